The van der Waals surface area contributed by atoms with Crippen LogP contribution in [0.15, 0.2) is 24.5 Å². The van der Waals surface area contributed by atoms with E-state index >= 15 is 0 Å². The van der Waals surface area contributed by atoms with E-state index in [1.54, 1.807) is 6.07 Å². The van der Waals surface area contributed by atoms with Crippen LogP contribution in [0.5, 0.6) is 0 Å². The van der Waals surface area contributed by atoms with Crippen molar-refractivity contribution in [2.45, 2.75) is 19.9 Å². The van der Waals surface area contributed by atoms with Crippen molar-refractivity contribution in [3.63, 3.8) is 0 Å². The zero-order valence-electron chi connectivity index (χ0n) is 12.5. The summed E-state index contributed by atoms with van der Waals surface area (Å²) in [7, 11) is 0. The molecule has 23 heavy (non-hydrogen) atoms. The van der Waals surface area contributed by atoms with E-state index in [0.717, 1.165) is 0 Å². The molecule has 1 amide bonds. The Labute approximate surface area is 143 Å². The van der Waals surface area contributed by atoms with Gasteiger partial charge in [-0.2, -0.15) is 0 Å². The summed E-state index contributed by atoms with van der Waals surface area (Å²) < 4.78 is 0. The van der Waals surface area contributed by atoms with Crippen LogP contribution in [0, 0.1) is 0 Å². The van der Waals surface area contributed by atoms with Gasteiger partial charge in [-0.15, -0.1) is 0 Å². The Morgan fingerprint density at radius 1 is 1.22 bits per heavy atom. The first kappa shape index (κ1) is 17.1. The van der Waals surface area contributed by atoms with Crippen molar-refractivity contribution in [2.24, 2.45) is 0 Å². The predicted octanol–water partition coefficient (Wildman–Crippen LogP) is 2.94. The van der Waals surface area contributed by atoms with Gasteiger partial charge in [-0.3, -0.25) is 15.6 Å². The fourth-order valence-electron chi connectivity index (χ4n) is 1.74. The number of aromatic nitrogens is 2. The lowest BCUT2D eigenvalue weighted by Gasteiger charge is -2.15. The summed E-state index contributed by atoms with van der Waals surface area (Å²) in [5.41, 5.74) is 11.7. The van der Waals surface area contributed by atoms with Crippen LogP contribution in [-0.2, 0) is 0 Å². The number of nitrogens with one attached hydrogen (secondary N) is 3. The third kappa shape index (κ3) is 4.37. The van der Waals surface area contributed by atoms with Crippen LogP contribution in [0.3, 0.4) is 0 Å². The molecule has 9 heteroatoms. The number of benzene rings is 1. The van der Waals surface area contributed by atoms with E-state index in [0.29, 0.717) is 16.5 Å². The van der Waals surface area contributed by atoms with E-state index in [4.69, 9.17) is 28.9 Å². The zero-order chi connectivity index (χ0) is 17.0. The average Bonchev–Trinajstić information content (AvgIpc) is 2.47. The SMILES string of the molecule is CC(C)Nc1ncnc(NNC(=O)c2ccc(Cl)cc2Cl)c1N. The van der Waals surface area contributed by atoms with Gasteiger partial charge < -0.3 is 11.1 Å². The summed E-state index contributed by atoms with van der Waals surface area (Å²) in [6, 6.07) is 4.74. The molecule has 2 rings (SSSR count). The largest absolute Gasteiger partial charge is 0.393 e. The van der Waals surface area contributed by atoms with Crippen LogP contribution in [-0.4, -0.2) is 21.9 Å². The number of anilines is 3. The highest BCUT2D eigenvalue weighted by atomic mass is 35.5. The highest BCUT2D eigenvalue weighted by Crippen LogP contribution is 2.23. The van der Waals surface area contributed by atoms with Crippen LogP contribution in [0.4, 0.5) is 17.3 Å². The van der Waals surface area contributed by atoms with Crippen LogP contribution >= 0.6 is 23.2 Å². The highest BCUT2D eigenvalue weighted by Gasteiger charge is 2.13. The Morgan fingerprint density at radius 3 is 2.57 bits per heavy atom. The number of carbonyl (C=O) groups excluding carboxylic acids is 1. The molecular formula is C14H16Cl2N6O. The average molecular weight is 355 g/mol. The van der Waals surface area contributed by atoms with Crippen molar-refractivity contribution in [3.05, 3.63) is 40.1 Å². The zero-order valence-corrected chi connectivity index (χ0v) is 14.0. The number of hydrogen-bond donors (Lipinski definition) is 4. The fraction of sp³-hybridized carbons (Fsp3) is 0.214. The molecule has 5 N–H and O–H groups in total. The van der Waals surface area contributed by atoms with Crippen molar-refractivity contribution in [1.29, 1.82) is 0 Å². The minimum absolute atomic E-state index is 0.155. The second-order valence-electron chi connectivity index (χ2n) is 4.99. The maximum atomic E-state index is 12.1. The highest BCUT2D eigenvalue weighted by molar-refractivity contribution is 6.36. The van der Waals surface area contributed by atoms with Gasteiger partial charge in [0, 0.05) is 11.1 Å². The molecule has 0 fully saturated rings. The summed E-state index contributed by atoms with van der Waals surface area (Å²) in [4.78, 5) is 20.2. The molecule has 1 heterocycles. The molecule has 0 aliphatic rings. The number of hydrogen-bond acceptors (Lipinski definition) is 6. The Kier molecular flexibility index (Phi) is 5.46. The minimum atomic E-state index is -0.442. The molecule has 122 valence electrons. The van der Waals surface area contributed by atoms with Gasteiger partial charge in [0.2, 0.25) is 0 Å². The molecule has 0 atom stereocenters. The molecule has 0 aliphatic heterocycles. The lowest BCUT2D eigenvalue weighted by Crippen LogP contribution is -2.30. The van der Waals surface area contributed by atoms with Gasteiger partial charge in [-0.1, -0.05) is 23.2 Å². The monoisotopic (exact) mass is 354 g/mol. The van der Waals surface area contributed by atoms with Crippen LogP contribution in [0.2, 0.25) is 10.0 Å². The molecule has 0 spiro atoms. The quantitative estimate of drug-likeness (QED) is 0.615. The molecule has 7 nitrogen and oxygen atoms in total. The number of amides is 1. The number of nitrogens with two attached hydrogens (primary N) is 1. The lowest BCUT2D eigenvalue weighted by atomic mass is 10.2. The third-order valence-electron chi connectivity index (χ3n) is 2.78. The Balaban J connectivity index is 2.10. The standard InChI is InChI=1S/C14H16Cl2N6O/c1-7(2)20-12-11(17)13(19-6-18-12)21-22-14(23)9-4-3-8(15)5-10(9)16/h3-7H,17H2,1-2H3,(H,22,23)(H2,18,19,20,21). The number of rotatable bonds is 5. The summed E-state index contributed by atoms with van der Waals surface area (Å²) in [5.74, 6) is 0.320. The van der Waals surface area contributed by atoms with Gasteiger partial charge in [-0.05, 0) is 32.0 Å². The second kappa shape index (κ2) is 7.34. The van der Waals surface area contributed by atoms with Gasteiger partial charge in [0.05, 0.1) is 10.6 Å². The lowest BCUT2D eigenvalue weighted by molar-refractivity contribution is 0.0962. The molecule has 0 bridgehead atoms. The molecule has 2 aromatic rings. The maximum Gasteiger partial charge on any atom is 0.271 e. The topological polar surface area (TPSA) is 105 Å². The first-order valence-corrected chi connectivity index (χ1v) is 7.52. The van der Waals surface area contributed by atoms with Gasteiger partial charge in [0.1, 0.15) is 12.0 Å². The molecule has 0 unspecified atom stereocenters. The van der Waals surface area contributed by atoms with Gasteiger partial charge in [0.15, 0.2) is 11.6 Å². The number of nitrogens with zero attached hydrogens (tertiary/aromatic N) is 2. The van der Waals surface area contributed by atoms with Gasteiger partial charge in [-0.25, -0.2) is 9.97 Å². The van der Waals surface area contributed by atoms with Crippen LogP contribution < -0.4 is 21.9 Å². The van der Waals surface area contributed by atoms with E-state index in [1.165, 1.54) is 18.5 Å². The smallest absolute Gasteiger partial charge is 0.271 e. The van der Waals surface area contributed by atoms with Crippen LogP contribution in [0.1, 0.15) is 24.2 Å². The van der Waals surface area contributed by atoms with Crippen molar-refractivity contribution >= 4 is 46.4 Å². The molecule has 0 saturated heterocycles. The van der Waals surface area contributed by atoms with Crippen molar-refractivity contribution < 1.29 is 4.79 Å². The molecular weight excluding hydrogens is 339 g/mol. The second-order valence-corrected chi connectivity index (χ2v) is 5.83. The molecule has 1 aromatic heterocycles. The number of halogens is 2. The van der Waals surface area contributed by atoms with E-state index in [9.17, 15) is 4.79 Å². The Hall–Kier alpha value is -2.25. The first-order valence-electron chi connectivity index (χ1n) is 6.77. The molecule has 1 aromatic carbocycles. The predicted molar refractivity (Wildman–Crippen MR) is 92.8 cm³/mol. The Morgan fingerprint density at radius 2 is 1.91 bits per heavy atom. The third-order valence-corrected chi connectivity index (χ3v) is 3.33. The van der Waals surface area contributed by atoms with Crippen molar-refractivity contribution in [1.82, 2.24) is 15.4 Å². The molecule has 0 saturated carbocycles. The van der Waals surface area contributed by atoms with E-state index in [-0.39, 0.29) is 22.4 Å². The van der Waals surface area contributed by atoms with Crippen molar-refractivity contribution in [2.75, 3.05) is 16.5 Å². The van der Waals surface area contributed by atoms with Crippen molar-refractivity contribution in [3.8, 4) is 0 Å². The van der Waals surface area contributed by atoms with E-state index < -0.39 is 5.91 Å². The summed E-state index contributed by atoms with van der Waals surface area (Å²) in [5, 5.41) is 3.78. The number of hydrazine groups is 1. The molecule has 0 aliphatic carbocycles. The van der Waals surface area contributed by atoms with Gasteiger partial charge in [0.25, 0.3) is 5.91 Å². The number of nitrogen functional groups attached to an aromatic ring is 1. The van der Waals surface area contributed by atoms with E-state index in [2.05, 4.69) is 26.1 Å². The summed E-state index contributed by atoms with van der Waals surface area (Å²) >= 11 is 11.8. The summed E-state index contributed by atoms with van der Waals surface area (Å²) in [6.45, 7) is 3.91. The van der Waals surface area contributed by atoms with Gasteiger partial charge >= 0.3 is 0 Å². The minimum Gasteiger partial charge on any atom is -0.393 e. The van der Waals surface area contributed by atoms with E-state index in [1.807, 2.05) is 13.8 Å². The fourth-order valence-corrected chi connectivity index (χ4v) is 2.23. The molecule has 0 radical (unpaired) electrons. The first-order chi connectivity index (χ1) is 10.9. The van der Waals surface area contributed by atoms with Crippen LogP contribution in [0.25, 0.3) is 0 Å². The Bertz CT molecular complexity index is 722. The number of carbonyl (C=O) groups is 1. The normalized spacial score (nSPS) is 10.5. The maximum absolute atomic E-state index is 12.1. The summed E-state index contributed by atoms with van der Waals surface area (Å²) in [6.07, 6.45) is 1.34.